The second kappa shape index (κ2) is 6.65. The Morgan fingerprint density at radius 2 is 1.48 bits per heavy atom. The Kier molecular flexibility index (Phi) is 4.30. The number of ketones is 2. The van der Waals surface area contributed by atoms with Gasteiger partial charge in [0, 0.05) is 43.9 Å². The van der Waals surface area contributed by atoms with Crippen LogP contribution in [0, 0.1) is 0 Å². The van der Waals surface area contributed by atoms with E-state index in [1.807, 2.05) is 6.07 Å². The van der Waals surface area contributed by atoms with Crippen molar-refractivity contribution < 1.29 is 14.4 Å². The van der Waals surface area contributed by atoms with Crippen LogP contribution < -0.4 is 9.80 Å². The van der Waals surface area contributed by atoms with Gasteiger partial charge < -0.3 is 9.80 Å². The fourth-order valence-electron chi connectivity index (χ4n) is 4.04. The first-order valence-electron chi connectivity index (χ1n) is 9.35. The van der Waals surface area contributed by atoms with E-state index >= 15 is 0 Å². The van der Waals surface area contributed by atoms with Gasteiger partial charge in [0.15, 0.2) is 11.6 Å². The summed E-state index contributed by atoms with van der Waals surface area (Å²) in [5.41, 5.74) is 2.93. The van der Waals surface area contributed by atoms with Crippen molar-refractivity contribution in [1.82, 2.24) is 0 Å². The molecule has 5 nitrogen and oxygen atoms in total. The van der Waals surface area contributed by atoms with Crippen molar-refractivity contribution >= 4 is 28.8 Å². The highest BCUT2D eigenvalue weighted by molar-refractivity contribution is 6.32. The van der Waals surface area contributed by atoms with Crippen molar-refractivity contribution in [3.8, 4) is 0 Å². The molecule has 1 saturated heterocycles. The van der Waals surface area contributed by atoms with Crippen molar-refractivity contribution in [1.29, 1.82) is 0 Å². The van der Waals surface area contributed by atoms with Gasteiger partial charge in [-0.05, 0) is 31.4 Å². The number of fused-ring (bicyclic) bond motifs is 2. The molecule has 4 rings (SSSR count). The minimum Gasteiger partial charge on any atom is -0.371 e. The van der Waals surface area contributed by atoms with E-state index in [4.69, 9.17) is 0 Å². The lowest BCUT2D eigenvalue weighted by Crippen LogP contribution is -2.34. The number of hydrogen-bond donors (Lipinski definition) is 0. The van der Waals surface area contributed by atoms with E-state index in [1.165, 1.54) is 18.2 Å². The summed E-state index contributed by atoms with van der Waals surface area (Å²) in [5, 5.41) is 0. The number of amides is 1. The number of piperidine rings is 1. The van der Waals surface area contributed by atoms with Crippen LogP contribution in [0.1, 0.15) is 58.0 Å². The quantitative estimate of drug-likeness (QED) is 0.701. The molecule has 0 atom stereocenters. The van der Waals surface area contributed by atoms with Crippen LogP contribution >= 0.6 is 0 Å². The van der Waals surface area contributed by atoms with Crippen LogP contribution in [-0.4, -0.2) is 37.6 Å². The normalized spacial score (nSPS) is 16.0. The van der Waals surface area contributed by atoms with Gasteiger partial charge >= 0.3 is 0 Å². The van der Waals surface area contributed by atoms with Crippen molar-refractivity contribution in [3.05, 3.63) is 58.7 Å². The molecule has 0 aromatic heterocycles. The van der Waals surface area contributed by atoms with Crippen molar-refractivity contribution in [2.45, 2.75) is 26.2 Å². The average Bonchev–Trinajstić information content (AvgIpc) is 2.71. The van der Waals surface area contributed by atoms with Gasteiger partial charge in [-0.15, -0.1) is 0 Å². The molecule has 1 aliphatic carbocycles. The number of benzene rings is 2. The summed E-state index contributed by atoms with van der Waals surface area (Å²) in [4.78, 5) is 42.3. The largest absolute Gasteiger partial charge is 0.371 e. The Labute approximate surface area is 158 Å². The Morgan fingerprint density at radius 3 is 2.07 bits per heavy atom. The maximum absolute atomic E-state index is 13.4. The summed E-state index contributed by atoms with van der Waals surface area (Å²) in [6.07, 6.45) is 3.32. The zero-order chi connectivity index (χ0) is 19.1. The topological polar surface area (TPSA) is 57.7 Å². The smallest absolute Gasteiger partial charge is 0.223 e. The zero-order valence-corrected chi connectivity index (χ0v) is 15.6. The standard InChI is InChI=1S/C22H22N2O3/c1-14(25)23(2)17-10-11-18(24-12-6-3-7-13-24)20-19(17)21(26)15-8-4-5-9-16(15)22(20)27/h4-5,8-11H,3,6-7,12-13H2,1-2H3. The molecule has 27 heavy (non-hydrogen) atoms. The summed E-state index contributed by atoms with van der Waals surface area (Å²) in [6, 6.07) is 10.6. The third kappa shape index (κ3) is 2.74. The first-order chi connectivity index (χ1) is 13.0. The number of nitrogens with zero attached hydrogens (tertiary/aromatic N) is 2. The Bertz CT molecular complexity index is 958. The molecule has 1 heterocycles. The Hall–Kier alpha value is -2.95. The lowest BCUT2D eigenvalue weighted by molar-refractivity contribution is -0.116. The monoisotopic (exact) mass is 362 g/mol. The van der Waals surface area contributed by atoms with E-state index in [2.05, 4.69) is 4.90 Å². The number of rotatable bonds is 2. The van der Waals surface area contributed by atoms with Crippen LogP contribution in [-0.2, 0) is 4.79 Å². The number of carbonyl (C=O) groups excluding carboxylic acids is 3. The first-order valence-corrected chi connectivity index (χ1v) is 9.35. The second-order valence-electron chi connectivity index (χ2n) is 7.18. The highest BCUT2D eigenvalue weighted by atomic mass is 16.2. The van der Waals surface area contributed by atoms with Gasteiger partial charge in [-0.3, -0.25) is 14.4 Å². The van der Waals surface area contributed by atoms with E-state index in [1.54, 1.807) is 37.4 Å². The molecule has 0 unspecified atom stereocenters. The molecule has 0 radical (unpaired) electrons. The number of anilines is 2. The fourth-order valence-corrected chi connectivity index (χ4v) is 4.04. The van der Waals surface area contributed by atoms with Crippen molar-refractivity contribution in [3.63, 3.8) is 0 Å². The van der Waals surface area contributed by atoms with E-state index in [9.17, 15) is 14.4 Å². The summed E-state index contributed by atoms with van der Waals surface area (Å²) in [5.74, 6) is -0.510. The number of carbonyl (C=O) groups is 3. The maximum atomic E-state index is 13.4. The predicted molar refractivity (Wildman–Crippen MR) is 105 cm³/mol. The molecule has 2 aliphatic rings. The van der Waals surface area contributed by atoms with Crippen molar-refractivity contribution in [2.75, 3.05) is 29.9 Å². The predicted octanol–water partition coefficient (Wildman–Crippen LogP) is 3.44. The molecule has 1 fully saturated rings. The average molecular weight is 362 g/mol. The van der Waals surface area contributed by atoms with Crippen LogP contribution in [0.5, 0.6) is 0 Å². The molecule has 2 aromatic carbocycles. The summed E-state index contributed by atoms with van der Waals surface area (Å²) < 4.78 is 0. The molecule has 0 saturated carbocycles. The third-order valence-corrected chi connectivity index (χ3v) is 5.56. The minimum atomic E-state index is -0.192. The van der Waals surface area contributed by atoms with E-state index in [0.29, 0.717) is 27.9 Å². The van der Waals surface area contributed by atoms with Gasteiger partial charge in [0.2, 0.25) is 5.91 Å². The molecule has 1 amide bonds. The summed E-state index contributed by atoms with van der Waals surface area (Å²) >= 11 is 0. The van der Waals surface area contributed by atoms with Crippen LogP contribution in [0.2, 0.25) is 0 Å². The van der Waals surface area contributed by atoms with Crippen molar-refractivity contribution in [2.24, 2.45) is 0 Å². The molecule has 0 N–H and O–H groups in total. The molecular formula is C22H22N2O3. The van der Waals surface area contributed by atoms with Crippen LogP contribution in [0.3, 0.4) is 0 Å². The summed E-state index contributed by atoms with van der Waals surface area (Å²) in [6.45, 7) is 3.20. The van der Waals surface area contributed by atoms with Gasteiger partial charge in [-0.25, -0.2) is 0 Å². The molecule has 2 aromatic rings. The van der Waals surface area contributed by atoms with Crippen LogP contribution in [0.15, 0.2) is 36.4 Å². The SMILES string of the molecule is CC(=O)N(C)c1ccc(N2CCCCC2)c2c1C(=O)c1ccccc1C2=O. The Balaban J connectivity index is 1.97. The lowest BCUT2D eigenvalue weighted by atomic mass is 9.81. The van der Waals surface area contributed by atoms with Gasteiger partial charge in [0.25, 0.3) is 0 Å². The fraction of sp³-hybridized carbons (Fsp3) is 0.318. The molecule has 0 bridgehead atoms. The lowest BCUT2D eigenvalue weighted by Gasteiger charge is -2.33. The van der Waals surface area contributed by atoms with Crippen LogP contribution in [0.4, 0.5) is 11.4 Å². The highest BCUT2D eigenvalue weighted by Gasteiger charge is 2.36. The molecular weight excluding hydrogens is 340 g/mol. The van der Waals surface area contributed by atoms with Crippen LogP contribution in [0.25, 0.3) is 0 Å². The van der Waals surface area contributed by atoms with E-state index in [0.717, 1.165) is 31.6 Å². The Morgan fingerprint density at radius 1 is 0.889 bits per heavy atom. The van der Waals surface area contributed by atoms with Gasteiger partial charge in [0.05, 0.1) is 16.8 Å². The molecule has 138 valence electrons. The van der Waals surface area contributed by atoms with E-state index < -0.39 is 0 Å². The molecule has 1 aliphatic heterocycles. The summed E-state index contributed by atoms with van der Waals surface area (Å²) in [7, 11) is 1.64. The maximum Gasteiger partial charge on any atom is 0.223 e. The van der Waals surface area contributed by atoms with Gasteiger partial charge in [0.1, 0.15) is 0 Å². The highest BCUT2D eigenvalue weighted by Crippen LogP contribution is 2.39. The molecule has 5 heteroatoms. The van der Waals surface area contributed by atoms with Gasteiger partial charge in [-0.1, -0.05) is 24.3 Å². The minimum absolute atomic E-state index is 0.139. The third-order valence-electron chi connectivity index (χ3n) is 5.56. The zero-order valence-electron chi connectivity index (χ0n) is 15.6. The second-order valence-corrected chi connectivity index (χ2v) is 7.18. The van der Waals surface area contributed by atoms with E-state index in [-0.39, 0.29) is 17.5 Å². The first kappa shape index (κ1) is 17.5. The van der Waals surface area contributed by atoms with Gasteiger partial charge in [-0.2, -0.15) is 0 Å². The number of hydrogen-bond acceptors (Lipinski definition) is 4. The molecule has 0 spiro atoms.